The summed E-state index contributed by atoms with van der Waals surface area (Å²) >= 11 is 11.1. The first-order chi connectivity index (χ1) is 11.1. The first kappa shape index (κ1) is 17.0. The third kappa shape index (κ3) is 5.09. The number of thiocarbonyl (C=S) groups is 1. The largest absolute Gasteiger partial charge is 0.496 e. The van der Waals surface area contributed by atoms with Crippen LogP contribution >= 0.6 is 23.8 Å². The van der Waals surface area contributed by atoms with Gasteiger partial charge in [0, 0.05) is 11.6 Å². The summed E-state index contributed by atoms with van der Waals surface area (Å²) in [4.78, 5) is 11.9. The number of carbonyl (C=O) groups is 1. The number of hydrogen-bond acceptors (Lipinski definition) is 3. The fourth-order valence-electron chi connectivity index (χ4n) is 1.84. The maximum Gasteiger partial charge on any atom is 0.250 e. The van der Waals surface area contributed by atoms with Gasteiger partial charge in [0.15, 0.2) is 5.11 Å². The second kappa shape index (κ2) is 8.31. The number of benzene rings is 2. The van der Waals surface area contributed by atoms with Crippen LogP contribution in [0.25, 0.3) is 6.08 Å². The van der Waals surface area contributed by atoms with Crippen LogP contribution in [0, 0.1) is 0 Å². The maximum absolute atomic E-state index is 11.9. The number of hydrogen-bond donors (Lipinski definition) is 2. The summed E-state index contributed by atoms with van der Waals surface area (Å²) in [5.41, 5.74) is 1.43. The lowest BCUT2D eigenvalue weighted by atomic mass is 10.2. The Bertz CT molecular complexity index is 747. The minimum atomic E-state index is -0.347. The van der Waals surface area contributed by atoms with Crippen LogP contribution in [0.15, 0.2) is 54.6 Å². The van der Waals surface area contributed by atoms with Crippen molar-refractivity contribution >= 4 is 46.6 Å². The van der Waals surface area contributed by atoms with Crippen molar-refractivity contribution in [3.05, 3.63) is 65.2 Å². The van der Waals surface area contributed by atoms with Crippen LogP contribution < -0.4 is 15.4 Å². The van der Waals surface area contributed by atoms with Crippen LogP contribution in [0.4, 0.5) is 5.69 Å². The molecule has 2 rings (SSSR count). The van der Waals surface area contributed by atoms with E-state index < -0.39 is 0 Å². The number of nitrogens with one attached hydrogen (secondary N) is 2. The Morgan fingerprint density at radius 3 is 2.61 bits per heavy atom. The summed E-state index contributed by atoms with van der Waals surface area (Å²) in [6.07, 6.45) is 3.05. The molecule has 2 aromatic rings. The van der Waals surface area contributed by atoms with Crippen LogP contribution in [-0.4, -0.2) is 18.1 Å². The molecule has 0 spiro atoms. The van der Waals surface area contributed by atoms with Gasteiger partial charge in [-0.1, -0.05) is 41.9 Å². The summed E-state index contributed by atoms with van der Waals surface area (Å²) in [7, 11) is 1.58. The minimum Gasteiger partial charge on any atom is -0.496 e. The number of anilines is 1. The Kier molecular flexibility index (Phi) is 6.14. The quantitative estimate of drug-likeness (QED) is 0.651. The van der Waals surface area contributed by atoms with Crippen molar-refractivity contribution in [1.29, 1.82) is 0 Å². The molecule has 0 aliphatic carbocycles. The van der Waals surface area contributed by atoms with Crippen molar-refractivity contribution in [2.75, 3.05) is 12.4 Å². The highest BCUT2D eigenvalue weighted by molar-refractivity contribution is 7.80. The van der Waals surface area contributed by atoms with E-state index in [0.717, 1.165) is 5.56 Å². The van der Waals surface area contributed by atoms with Gasteiger partial charge in [-0.2, -0.15) is 0 Å². The van der Waals surface area contributed by atoms with Gasteiger partial charge in [-0.25, -0.2) is 0 Å². The number of halogens is 1. The Morgan fingerprint density at radius 1 is 1.17 bits per heavy atom. The van der Waals surface area contributed by atoms with Crippen molar-refractivity contribution in [2.24, 2.45) is 0 Å². The molecule has 0 aliphatic rings. The number of amides is 1. The molecule has 0 saturated heterocycles. The van der Waals surface area contributed by atoms with Crippen molar-refractivity contribution in [3.63, 3.8) is 0 Å². The molecule has 6 heteroatoms. The number of rotatable bonds is 4. The topological polar surface area (TPSA) is 50.4 Å². The lowest BCUT2D eigenvalue weighted by Crippen LogP contribution is -2.32. The van der Waals surface area contributed by atoms with Gasteiger partial charge in [-0.3, -0.25) is 10.1 Å². The van der Waals surface area contributed by atoms with Gasteiger partial charge in [0.1, 0.15) is 5.75 Å². The molecular formula is C17H15ClN2O2S. The smallest absolute Gasteiger partial charge is 0.250 e. The molecule has 118 valence electrons. The lowest BCUT2D eigenvalue weighted by molar-refractivity contribution is -0.115. The third-order valence-electron chi connectivity index (χ3n) is 2.91. The Balaban J connectivity index is 1.95. The Hall–Kier alpha value is -2.37. The average Bonchev–Trinajstić information content (AvgIpc) is 2.55. The van der Waals surface area contributed by atoms with Crippen LogP contribution in [0.2, 0.25) is 5.02 Å². The molecular weight excluding hydrogens is 332 g/mol. The van der Waals surface area contributed by atoms with Gasteiger partial charge >= 0.3 is 0 Å². The molecule has 0 unspecified atom stereocenters. The second-order valence-electron chi connectivity index (χ2n) is 4.50. The van der Waals surface area contributed by atoms with Gasteiger partial charge in [-0.15, -0.1) is 0 Å². The third-order valence-corrected chi connectivity index (χ3v) is 3.45. The summed E-state index contributed by atoms with van der Waals surface area (Å²) < 4.78 is 5.22. The lowest BCUT2D eigenvalue weighted by Gasteiger charge is -2.09. The van der Waals surface area contributed by atoms with E-state index in [1.54, 1.807) is 25.3 Å². The van der Waals surface area contributed by atoms with E-state index in [1.165, 1.54) is 6.08 Å². The van der Waals surface area contributed by atoms with Gasteiger partial charge < -0.3 is 10.1 Å². The van der Waals surface area contributed by atoms with Crippen LogP contribution in [0.5, 0.6) is 5.75 Å². The Morgan fingerprint density at radius 2 is 1.87 bits per heavy atom. The highest BCUT2D eigenvalue weighted by atomic mass is 35.5. The van der Waals surface area contributed by atoms with Crippen LogP contribution in [0.3, 0.4) is 0 Å². The molecule has 0 saturated carbocycles. The van der Waals surface area contributed by atoms with Gasteiger partial charge in [0.05, 0.1) is 17.8 Å². The molecule has 0 aromatic heterocycles. The molecule has 2 aromatic carbocycles. The number of ether oxygens (including phenoxy) is 1. The predicted octanol–water partition coefficient (Wildman–Crippen LogP) is 3.88. The van der Waals surface area contributed by atoms with Crippen molar-refractivity contribution in [1.82, 2.24) is 5.32 Å². The van der Waals surface area contributed by atoms with Gasteiger partial charge in [0.2, 0.25) is 5.91 Å². The van der Waals surface area contributed by atoms with E-state index in [-0.39, 0.29) is 11.0 Å². The Labute approximate surface area is 145 Å². The molecule has 0 fully saturated rings. The molecule has 0 bridgehead atoms. The molecule has 0 atom stereocenters. The average molecular weight is 347 g/mol. The molecule has 0 radical (unpaired) electrons. The standard InChI is InChI=1S/C17H15ClN2O2S/c1-22-15-9-5-2-6-12(15)10-11-16(21)20-17(23)19-14-8-4-3-7-13(14)18/h2-11H,1H3,(H2,19,20,21,23)/b11-10+. The zero-order valence-electron chi connectivity index (χ0n) is 12.4. The minimum absolute atomic E-state index is 0.174. The predicted molar refractivity (Wildman–Crippen MR) is 97.8 cm³/mol. The van der Waals surface area contributed by atoms with Crippen LogP contribution in [0.1, 0.15) is 5.56 Å². The number of carbonyl (C=O) groups excluding carboxylic acids is 1. The summed E-state index contributed by atoms with van der Waals surface area (Å²) in [6, 6.07) is 14.5. The number of para-hydroxylation sites is 2. The zero-order valence-corrected chi connectivity index (χ0v) is 13.9. The molecule has 4 nitrogen and oxygen atoms in total. The van der Waals surface area contributed by atoms with Gasteiger partial charge in [0.25, 0.3) is 0 Å². The van der Waals surface area contributed by atoms with Crippen molar-refractivity contribution in [3.8, 4) is 5.75 Å². The highest BCUT2D eigenvalue weighted by Crippen LogP contribution is 2.20. The number of methoxy groups -OCH3 is 1. The zero-order chi connectivity index (χ0) is 16.7. The first-order valence-electron chi connectivity index (χ1n) is 6.77. The molecule has 23 heavy (non-hydrogen) atoms. The van der Waals surface area contributed by atoms with E-state index in [9.17, 15) is 4.79 Å². The maximum atomic E-state index is 11.9. The first-order valence-corrected chi connectivity index (χ1v) is 7.56. The monoisotopic (exact) mass is 346 g/mol. The van der Waals surface area contributed by atoms with E-state index in [4.69, 9.17) is 28.6 Å². The van der Waals surface area contributed by atoms with E-state index in [1.807, 2.05) is 36.4 Å². The van der Waals surface area contributed by atoms with E-state index in [2.05, 4.69) is 10.6 Å². The SMILES string of the molecule is COc1ccccc1/C=C/C(=O)NC(=S)Nc1ccccc1Cl. The van der Waals surface area contributed by atoms with Crippen molar-refractivity contribution in [2.45, 2.75) is 0 Å². The van der Waals surface area contributed by atoms with Crippen molar-refractivity contribution < 1.29 is 9.53 Å². The summed E-state index contributed by atoms with van der Waals surface area (Å²) in [5, 5.41) is 6.13. The van der Waals surface area contributed by atoms with E-state index >= 15 is 0 Å². The molecule has 1 amide bonds. The highest BCUT2D eigenvalue weighted by Gasteiger charge is 2.04. The second-order valence-corrected chi connectivity index (χ2v) is 5.31. The van der Waals surface area contributed by atoms with E-state index in [0.29, 0.717) is 16.5 Å². The summed E-state index contributed by atoms with van der Waals surface area (Å²) in [5.74, 6) is 0.341. The van der Waals surface area contributed by atoms with Crippen LogP contribution in [-0.2, 0) is 4.79 Å². The fraction of sp³-hybridized carbons (Fsp3) is 0.0588. The molecule has 0 heterocycles. The summed E-state index contributed by atoms with van der Waals surface area (Å²) in [6.45, 7) is 0. The van der Waals surface area contributed by atoms with Gasteiger partial charge in [-0.05, 0) is 36.5 Å². The molecule has 2 N–H and O–H groups in total. The normalized spacial score (nSPS) is 10.3. The molecule has 0 aliphatic heterocycles. The fourth-order valence-corrected chi connectivity index (χ4v) is 2.23.